The van der Waals surface area contributed by atoms with E-state index in [-0.39, 0.29) is 10.8 Å². The van der Waals surface area contributed by atoms with Gasteiger partial charge in [0.05, 0.1) is 0 Å². The maximum absolute atomic E-state index is 13.6. The summed E-state index contributed by atoms with van der Waals surface area (Å²) < 4.78 is 6.80. The van der Waals surface area contributed by atoms with Crippen molar-refractivity contribution < 1.29 is 9.53 Å². The van der Waals surface area contributed by atoms with Crippen LogP contribution >= 0.6 is 0 Å². The summed E-state index contributed by atoms with van der Waals surface area (Å²) >= 11 is 0. The van der Waals surface area contributed by atoms with Gasteiger partial charge in [0.25, 0.3) is 0 Å². The molecule has 2 unspecified atom stereocenters. The second kappa shape index (κ2) is 19.2. The van der Waals surface area contributed by atoms with Crippen molar-refractivity contribution >= 4 is 22.6 Å². The summed E-state index contributed by atoms with van der Waals surface area (Å²) in [5, 5.41) is 2.45. The van der Waals surface area contributed by atoms with Gasteiger partial charge in [-0.3, -0.25) is 4.79 Å². The molecular formula is C42H67N3O2. The monoisotopic (exact) mass is 646 g/mol. The molecule has 2 aromatic rings. The predicted octanol–water partition coefficient (Wildman–Crippen LogP) is 8.85. The molecule has 2 aromatic carbocycles. The molecule has 1 aliphatic heterocycles. The molecule has 0 fully saturated rings. The number of fused-ring (bicyclic) bond motifs is 2. The quantitative estimate of drug-likeness (QED) is 0.208. The fourth-order valence-corrected chi connectivity index (χ4v) is 7.51. The summed E-state index contributed by atoms with van der Waals surface area (Å²) in [7, 11) is 1.50. The summed E-state index contributed by atoms with van der Waals surface area (Å²) in [6.07, 6.45) is 10.7. The van der Waals surface area contributed by atoms with Gasteiger partial charge in [0.1, 0.15) is 17.3 Å². The number of ether oxygens (including phenoxy) is 1. The third-order valence-electron chi connectivity index (χ3n) is 10.7. The lowest BCUT2D eigenvalue weighted by molar-refractivity contribution is -0.122. The number of carbonyl (C=O) groups is 1. The average molecular weight is 646 g/mol. The Morgan fingerprint density at radius 1 is 0.830 bits per heavy atom. The van der Waals surface area contributed by atoms with Gasteiger partial charge in [-0.05, 0) is 107 Å². The van der Waals surface area contributed by atoms with E-state index in [1.165, 1.54) is 39.9 Å². The fourth-order valence-electron chi connectivity index (χ4n) is 7.51. The lowest BCUT2D eigenvalue weighted by Crippen LogP contribution is -2.44. The zero-order chi connectivity index (χ0) is 35.2. The molecule has 0 bridgehead atoms. The number of ketones is 1. The van der Waals surface area contributed by atoms with Crippen LogP contribution in [0.25, 0.3) is 11.1 Å². The molecule has 2 atom stereocenters. The molecule has 1 aliphatic carbocycles. The van der Waals surface area contributed by atoms with Gasteiger partial charge in [0.2, 0.25) is 0 Å². The van der Waals surface area contributed by atoms with Gasteiger partial charge in [-0.2, -0.15) is 0 Å². The van der Waals surface area contributed by atoms with Crippen LogP contribution in [0.3, 0.4) is 0 Å². The van der Waals surface area contributed by atoms with Gasteiger partial charge in [0, 0.05) is 53.9 Å². The highest BCUT2D eigenvalue weighted by atomic mass is 16.5. The molecule has 5 heteroatoms. The van der Waals surface area contributed by atoms with Crippen molar-refractivity contribution in [3.8, 4) is 11.5 Å². The number of carbonyl (C=O) groups excluding carboxylic acids is 1. The van der Waals surface area contributed by atoms with Crippen LogP contribution in [0, 0.1) is 10.8 Å². The number of nitrogens with two attached hydrogens (primary N) is 1. The number of hydrogen-bond acceptors (Lipinski definition) is 5. The van der Waals surface area contributed by atoms with Gasteiger partial charge in [-0.25, -0.2) is 0 Å². The minimum absolute atomic E-state index is 0.199. The van der Waals surface area contributed by atoms with Crippen molar-refractivity contribution in [3.63, 3.8) is 0 Å². The molecule has 5 nitrogen and oxygen atoms in total. The van der Waals surface area contributed by atoms with Crippen LogP contribution < -0.4 is 25.8 Å². The van der Waals surface area contributed by atoms with Gasteiger partial charge in [-0.15, -0.1) is 0 Å². The van der Waals surface area contributed by atoms with E-state index >= 15 is 0 Å². The molecule has 4 rings (SSSR count). The number of nitrogens with zero attached hydrogens (tertiary/aromatic N) is 2. The first-order chi connectivity index (χ1) is 22.7. The Bertz CT molecular complexity index is 1430. The average Bonchev–Trinajstić information content (AvgIpc) is 3.09. The van der Waals surface area contributed by atoms with Crippen LogP contribution in [0.2, 0.25) is 0 Å². The minimum atomic E-state index is -0.232. The first-order valence-corrected chi connectivity index (χ1v) is 18.6. The summed E-state index contributed by atoms with van der Waals surface area (Å²) in [5.74, 6) is 2.27. The molecule has 262 valence electrons. The number of hydrogen-bond donors (Lipinski definition) is 1. The van der Waals surface area contributed by atoms with Crippen molar-refractivity contribution in [1.29, 1.82) is 0 Å². The second-order valence-corrected chi connectivity index (χ2v) is 13.0. The van der Waals surface area contributed by atoms with E-state index in [9.17, 15) is 4.79 Å². The Kier molecular flexibility index (Phi) is 16.5. The van der Waals surface area contributed by atoms with E-state index in [0.717, 1.165) is 76.3 Å². The maximum Gasteiger partial charge on any atom is 0.137 e. The number of allylic oxidation sites excluding steroid dienone is 2. The largest absolute Gasteiger partial charge is 0.456 e. The highest BCUT2D eigenvalue weighted by Gasteiger charge is 2.49. The number of Topliss-reactive ketones (excluding diaryl/α,β-unsaturated/α-hetero) is 1. The molecule has 0 amide bonds. The first kappa shape index (κ1) is 40.3. The normalized spacial score (nSPS) is 19.4. The Labute approximate surface area is 288 Å². The Hall–Kier alpha value is -2.89. The van der Waals surface area contributed by atoms with E-state index in [4.69, 9.17) is 4.74 Å². The number of rotatable bonds is 14. The minimum Gasteiger partial charge on any atom is -0.456 e. The van der Waals surface area contributed by atoms with E-state index in [1.807, 2.05) is 13.8 Å². The summed E-state index contributed by atoms with van der Waals surface area (Å²) in [4.78, 5) is 18.4. The Morgan fingerprint density at radius 3 is 2.06 bits per heavy atom. The van der Waals surface area contributed by atoms with Gasteiger partial charge < -0.3 is 20.3 Å². The molecule has 2 N–H and O–H groups in total. The zero-order valence-corrected chi connectivity index (χ0v) is 31.9. The van der Waals surface area contributed by atoms with Crippen molar-refractivity contribution in [2.45, 2.75) is 114 Å². The molecule has 0 radical (unpaired) electrons. The van der Waals surface area contributed by atoms with Gasteiger partial charge in [0.15, 0.2) is 0 Å². The standard InChI is InChI=1S/C39H56N2O2.C2H6.CH5N/c1-9-29(10-2)30-19-21-33-35(26-30)43-36-27-31(41(13-5)14-6)20-22-34(36)37(33)39(8)24-16-15-23-38(39,7)28-32(42)18-17-25-40(11-3)12-4;2*1-2/h15-16,19-22,26-27H,9-14,17-18,23-25,28H2,1-8H3;1-2H3;2H2,1H3. The second-order valence-electron chi connectivity index (χ2n) is 13.0. The van der Waals surface area contributed by atoms with Crippen molar-refractivity contribution in [2.24, 2.45) is 16.6 Å². The molecule has 2 aliphatic rings. The topological polar surface area (TPSA) is 58.8 Å². The number of anilines is 1. The lowest BCUT2D eigenvalue weighted by atomic mass is 9.53. The van der Waals surface area contributed by atoms with Crippen LogP contribution in [-0.2, 0) is 4.79 Å². The van der Waals surface area contributed by atoms with Crippen LogP contribution in [0.4, 0.5) is 5.69 Å². The molecule has 1 heterocycles. The van der Waals surface area contributed by atoms with Crippen LogP contribution in [0.15, 0.2) is 48.6 Å². The van der Waals surface area contributed by atoms with E-state index in [1.54, 1.807) is 0 Å². The molecular weight excluding hydrogens is 578 g/mol. The predicted molar refractivity (Wildman–Crippen MR) is 205 cm³/mol. The molecule has 0 saturated carbocycles. The van der Waals surface area contributed by atoms with E-state index < -0.39 is 0 Å². The highest BCUT2D eigenvalue weighted by molar-refractivity contribution is 5.83. The van der Waals surface area contributed by atoms with Crippen molar-refractivity contribution in [2.75, 3.05) is 44.7 Å². The maximum atomic E-state index is 13.6. The van der Waals surface area contributed by atoms with Crippen LogP contribution in [0.5, 0.6) is 11.5 Å². The van der Waals surface area contributed by atoms with E-state index in [2.05, 4.69) is 119 Å². The molecule has 0 saturated heterocycles. The Balaban J connectivity index is 0.00000185. The van der Waals surface area contributed by atoms with Gasteiger partial charge >= 0.3 is 0 Å². The lowest BCUT2D eigenvalue weighted by Gasteiger charge is -2.50. The molecule has 0 spiro atoms. The van der Waals surface area contributed by atoms with Gasteiger partial charge in [-0.1, -0.05) is 85.2 Å². The van der Waals surface area contributed by atoms with E-state index in [0.29, 0.717) is 18.6 Å². The fraction of sp³-hybridized carbons (Fsp3) is 0.595. The zero-order valence-electron chi connectivity index (χ0n) is 31.9. The SMILES string of the molecule is CC.CCC(CC)=c1ccc2c(c1)Oc1cc(N(CC)CC)ccc1C=2C1(C)CC=CCC1(C)CC(=O)CCCN(CC)CC.CN. The van der Waals surface area contributed by atoms with Crippen molar-refractivity contribution in [3.05, 3.63) is 64.6 Å². The Morgan fingerprint density at radius 2 is 1.47 bits per heavy atom. The smallest absolute Gasteiger partial charge is 0.137 e. The van der Waals surface area contributed by atoms with Crippen LogP contribution in [-0.4, -0.2) is 50.5 Å². The molecule has 47 heavy (non-hydrogen) atoms. The summed E-state index contributed by atoms with van der Waals surface area (Å²) in [6, 6.07) is 13.6. The summed E-state index contributed by atoms with van der Waals surface area (Å²) in [5.41, 5.74) is 9.21. The first-order valence-electron chi connectivity index (χ1n) is 18.6. The molecule has 0 aromatic heterocycles. The third-order valence-corrected chi connectivity index (χ3v) is 10.7. The highest BCUT2D eigenvalue weighted by Crippen LogP contribution is 2.58. The van der Waals surface area contributed by atoms with Crippen LogP contribution in [0.1, 0.15) is 120 Å². The summed E-state index contributed by atoms with van der Waals surface area (Å²) in [6.45, 7) is 27.0. The number of benzene rings is 2. The third kappa shape index (κ3) is 8.97. The van der Waals surface area contributed by atoms with Crippen molar-refractivity contribution in [1.82, 2.24) is 4.90 Å².